The lowest BCUT2D eigenvalue weighted by atomic mass is 10.1. The summed E-state index contributed by atoms with van der Waals surface area (Å²) in [4.78, 5) is 24.8. The molecule has 1 heterocycles. The molecule has 8 heteroatoms. The van der Waals surface area contributed by atoms with Crippen LogP contribution in [0, 0.1) is 0 Å². The van der Waals surface area contributed by atoms with Crippen molar-refractivity contribution < 1.29 is 18.0 Å². The van der Waals surface area contributed by atoms with Gasteiger partial charge in [0.2, 0.25) is 15.9 Å². The van der Waals surface area contributed by atoms with Crippen molar-refractivity contribution in [1.29, 1.82) is 0 Å². The van der Waals surface area contributed by atoms with E-state index in [4.69, 9.17) is 0 Å². The maximum Gasteiger partial charge on any atom is 0.250 e. The molecule has 0 saturated heterocycles. The van der Waals surface area contributed by atoms with Crippen molar-refractivity contribution in [2.75, 3.05) is 18.0 Å². The van der Waals surface area contributed by atoms with E-state index in [1.54, 1.807) is 35.7 Å². The van der Waals surface area contributed by atoms with E-state index in [9.17, 15) is 18.0 Å². The van der Waals surface area contributed by atoms with Gasteiger partial charge in [0.1, 0.15) is 4.21 Å². The van der Waals surface area contributed by atoms with E-state index in [0.29, 0.717) is 11.3 Å². The van der Waals surface area contributed by atoms with Gasteiger partial charge in [-0.1, -0.05) is 18.2 Å². The summed E-state index contributed by atoms with van der Waals surface area (Å²) < 4.78 is 26.9. The molecule has 6 nitrogen and oxygen atoms in total. The molecular weight excluding hydrogens is 348 g/mol. The Morgan fingerprint density at radius 2 is 1.92 bits per heavy atom. The van der Waals surface area contributed by atoms with Gasteiger partial charge >= 0.3 is 0 Å². The van der Waals surface area contributed by atoms with Crippen molar-refractivity contribution in [3.63, 3.8) is 0 Å². The standard InChI is InChI=1S/C16H18N2O4S2/c1-12(19)14-5-3-6-15(11-14)18(13(2)20)9-8-17-24(21,22)16-7-4-10-23-16/h3-7,10-11,17H,8-9H2,1-2H3. The molecule has 0 aliphatic carbocycles. The van der Waals surface area contributed by atoms with Crippen LogP contribution in [-0.2, 0) is 14.8 Å². The zero-order valence-corrected chi connectivity index (χ0v) is 15.0. The third kappa shape index (κ3) is 4.50. The Kier molecular flexibility index (Phi) is 5.87. The SMILES string of the molecule is CC(=O)c1cccc(N(CCNS(=O)(=O)c2cccs2)C(C)=O)c1. The van der Waals surface area contributed by atoms with Crippen molar-refractivity contribution in [2.24, 2.45) is 0 Å². The van der Waals surface area contributed by atoms with Gasteiger partial charge in [-0.25, -0.2) is 13.1 Å². The Balaban J connectivity index is 2.09. The molecule has 0 fully saturated rings. The molecule has 0 aliphatic heterocycles. The maximum absolute atomic E-state index is 12.1. The molecule has 0 spiro atoms. The van der Waals surface area contributed by atoms with E-state index >= 15 is 0 Å². The maximum atomic E-state index is 12.1. The van der Waals surface area contributed by atoms with E-state index in [2.05, 4.69) is 4.72 Å². The van der Waals surface area contributed by atoms with E-state index in [-0.39, 0.29) is 29.0 Å². The Morgan fingerprint density at radius 3 is 2.50 bits per heavy atom. The number of sulfonamides is 1. The second-order valence-corrected chi connectivity index (χ2v) is 8.05. The number of ketones is 1. The lowest BCUT2D eigenvalue weighted by molar-refractivity contribution is -0.116. The number of hydrogen-bond donors (Lipinski definition) is 1. The number of rotatable bonds is 7. The van der Waals surface area contributed by atoms with Gasteiger partial charge in [0, 0.05) is 31.3 Å². The van der Waals surface area contributed by atoms with Gasteiger partial charge < -0.3 is 4.90 Å². The number of nitrogens with one attached hydrogen (secondary N) is 1. The number of Topliss-reactive ketones (excluding diaryl/α,β-unsaturated/α-hetero) is 1. The highest BCUT2D eigenvalue weighted by molar-refractivity contribution is 7.91. The first kappa shape index (κ1) is 18.3. The highest BCUT2D eigenvalue weighted by Crippen LogP contribution is 2.18. The van der Waals surface area contributed by atoms with E-state index in [0.717, 1.165) is 11.3 Å². The minimum Gasteiger partial charge on any atom is -0.311 e. The van der Waals surface area contributed by atoms with Crippen LogP contribution >= 0.6 is 11.3 Å². The number of thiophene rings is 1. The van der Waals surface area contributed by atoms with Crippen molar-refractivity contribution in [3.8, 4) is 0 Å². The molecule has 24 heavy (non-hydrogen) atoms. The molecule has 2 rings (SSSR count). The average Bonchev–Trinajstić information content (AvgIpc) is 3.06. The second-order valence-electron chi connectivity index (χ2n) is 5.11. The van der Waals surface area contributed by atoms with Gasteiger partial charge in [0.05, 0.1) is 0 Å². The molecule has 0 bridgehead atoms. The first-order chi connectivity index (χ1) is 11.3. The summed E-state index contributed by atoms with van der Waals surface area (Å²) in [6, 6.07) is 9.88. The summed E-state index contributed by atoms with van der Waals surface area (Å²) in [6.45, 7) is 3.09. The summed E-state index contributed by atoms with van der Waals surface area (Å²) >= 11 is 1.13. The molecule has 1 N–H and O–H groups in total. The Morgan fingerprint density at radius 1 is 1.17 bits per heavy atom. The van der Waals surface area contributed by atoms with Crippen molar-refractivity contribution in [2.45, 2.75) is 18.1 Å². The smallest absolute Gasteiger partial charge is 0.250 e. The molecule has 128 valence electrons. The van der Waals surface area contributed by atoms with Crippen LogP contribution in [-0.4, -0.2) is 33.2 Å². The largest absolute Gasteiger partial charge is 0.311 e. The molecule has 0 saturated carbocycles. The molecule has 0 unspecified atom stereocenters. The molecular formula is C16H18N2O4S2. The van der Waals surface area contributed by atoms with Crippen LogP contribution in [0.25, 0.3) is 0 Å². The normalized spacial score (nSPS) is 11.2. The Bertz CT molecular complexity index is 830. The molecule has 2 aromatic rings. The number of amides is 1. The van der Waals surface area contributed by atoms with E-state index in [1.165, 1.54) is 24.8 Å². The van der Waals surface area contributed by atoms with Crippen LogP contribution in [0.4, 0.5) is 5.69 Å². The molecule has 0 radical (unpaired) electrons. The van der Waals surface area contributed by atoms with Crippen LogP contribution < -0.4 is 9.62 Å². The van der Waals surface area contributed by atoms with Crippen molar-refractivity contribution in [3.05, 3.63) is 47.3 Å². The molecule has 1 aromatic carbocycles. The molecule has 1 aromatic heterocycles. The van der Waals surface area contributed by atoms with E-state index < -0.39 is 10.0 Å². The minimum absolute atomic E-state index is 0.0735. The first-order valence-electron chi connectivity index (χ1n) is 7.23. The summed E-state index contributed by atoms with van der Waals surface area (Å²) in [6.07, 6.45) is 0. The summed E-state index contributed by atoms with van der Waals surface area (Å²) in [5, 5.41) is 1.68. The fraction of sp³-hybridized carbons (Fsp3) is 0.250. The highest BCUT2D eigenvalue weighted by Gasteiger charge is 2.17. The third-order valence-electron chi connectivity index (χ3n) is 3.33. The van der Waals surface area contributed by atoms with Gasteiger partial charge in [0.25, 0.3) is 0 Å². The first-order valence-corrected chi connectivity index (χ1v) is 9.60. The van der Waals surface area contributed by atoms with Crippen LogP contribution in [0.2, 0.25) is 0 Å². The fourth-order valence-electron chi connectivity index (χ4n) is 2.14. The lowest BCUT2D eigenvalue weighted by Crippen LogP contribution is -2.37. The lowest BCUT2D eigenvalue weighted by Gasteiger charge is -2.21. The van der Waals surface area contributed by atoms with Gasteiger partial charge in [0.15, 0.2) is 5.78 Å². The topological polar surface area (TPSA) is 83.6 Å². The summed E-state index contributed by atoms with van der Waals surface area (Å²) in [5.41, 5.74) is 1.06. The number of anilines is 1. The van der Waals surface area contributed by atoms with Crippen LogP contribution in [0.1, 0.15) is 24.2 Å². The van der Waals surface area contributed by atoms with Crippen molar-refractivity contribution in [1.82, 2.24) is 4.72 Å². The monoisotopic (exact) mass is 366 g/mol. The molecule has 1 amide bonds. The van der Waals surface area contributed by atoms with Gasteiger partial charge in [-0.05, 0) is 30.5 Å². The van der Waals surface area contributed by atoms with Crippen LogP contribution in [0.3, 0.4) is 0 Å². The quantitative estimate of drug-likeness (QED) is 0.762. The van der Waals surface area contributed by atoms with Gasteiger partial charge in [-0.3, -0.25) is 9.59 Å². The molecule has 0 aliphatic rings. The van der Waals surface area contributed by atoms with Crippen LogP contribution in [0.5, 0.6) is 0 Å². The van der Waals surface area contributed by atoms with Crippen LogP contribution in [0.15, 0.2) is 46.0 Å². The summed E-state index contributed by atoms with van der Waals surface area (Å²) in [7, 11) is -3.57. The summed E-state index contributed by atoms with van der Waals surface area (Å²) in [5.74, 6) is -0.329. The zero-order chi connectivity index (χ0) is 17.7. The number of carbonyl (C=O) groups excluding carboxylic acids is 2. The Hall–Kier alpha value is -2.03. The number of benzene rings is 1. The fourth-order valence-corrected chi connectivity index (χ4v) is 4.20. The second kappa shape index (κ2) is 7.69. The number of hydrogen-bond acceptors (Lipinski definition) is 5. The highest BCUT2D eigenvalue weighted by atomic mass is 32.2. The predicted molar refractivity (Wildman–Crippen MR) is 94.0 cm³/mol. The molecule has 0 atom stereocenters. The predicted octanol–water partition coefficient (Wildman–Crippen LogP) is 2.28. The van der Waals surface area contributed by atoms with Gasteiger partial charge in [-0.15, -0.1) is 11.3 Å². The zero-order valence-electron chi connectivity index (χ0n) is 13.4. The van der Waals surface area contributed by atoms with E-state index in [1.807, 2.05) is 0 Å². The van der Waals surface area contributed by atoms with Gasteiger partial charge in [-0.2, -0.15) is 0 Å². The van der Waals surface area contributed by atoms with Crippen molar-refractivity contribution >= 4 is 38.7 Å². The Labute approximate surface area is 145 Å². The third-order valence-corrected chi connectivity index (χ3v) is 6.19. The minimum atomic E-state index is -3.57. The number of nitrogens with zero attached hydrogens (tertiary/aromatic N) is 1. The number of carbonyl (C=O) groups is 2. The average molecular weight is 366 g/mol.